The van der Waals surface area contributed by atoms with E-state index in [0.29, 0.717) is 12.4 Å². The van der Waals surface area contributed by atoms with Crippen molar-refractivity contribution < 1.29 is 4.79 Å². The minimum Gasteiger partial charge on any atom is -0.274 e. The molecule has 0 bridgehead atoms. The largest absolute Gasteiger partial charge is 0.274 e. The van der Waals surface area contributed by atoms with Crippen LogP contribution in [0.3, 0.4) is 0 Å². The molecule has 3 rings (SSSR count). The maximum absolute atomic E-state index is 11.9. The Bertz CT molecular complexity index is 562. The van der Waals surface area contributed by atoms with Crippen molar-refractivity contribution in [1.82, 2.24) is 20.2 Å². The molecule has 1 aliphatic heterocycles. The smallest absolute Gasteiger partial charge is 0.256 e. The van der Waals surface area contributed by atoms with Gasteiger partial charge in [-0.1, -0.05) is 23.3 Å². The molecule has 0 unspecified atom stereocenters. The summed E-state index contributed by atoms with van der Waals surface area (Å²) in [5, 5.41) is 11.1. The van der Waals surface area contributed by atoms with Gasteiger partial charge in [-0.15, -0.1) is 0 Å². The number of anilines is 2. The second-order valence-electron chi connectivity index (χ2n) is 3.64. The fourth-order valence-electron chi connectivity index (χ4n) is 1.89. The van der Waals surface area contributed by atoms with Gasteiger partial charge >= 0.3 is 0 Å². The maximum Gasteiger partial charge on any atom is 0.256 e. The Balaban J connectivity index is 2.16. The van der Waals surface area contributed by atoms with Crippen LogP contribution in [0.25, 0.3) is 0 Å². The minimum atomic E-state index is -0.000833. The molecular weight excluding hydrogens is 206 g/mol. The van der Waals surface area contributed by atoms with E-state index in [9.17, 15) is 4.79 Å². The number of carbonyl (C=O) groups is 1. The third-order valence-corrected chi connectivity index (χ3v) is 2.62. The van der Waals surface area contributed by atoms with E-state index in [4.69, 9.17) is 0 Å². The fraction of sp³-hybridized carbons (Fsp3) is 0.200. The topological polar surface area (TPSA) is 63.9 Å². The number of aryl methyl sites for hydroxylation is 1. The summed E-state index contributed by atoms with van der Waals surface area (Å²) >= 11 is 0. The van der Waals surface area contributed by atoms with Gasteiger partial charge in [0.25, 0.3) is 5.95 Å². The number of tetrazole rings is 1. The van der Waals surface area contributed by atoms with E-state index < -0.39 is 0 Å². The van der Waals surface area contributed by atoms with E-state index in [1.54, 1.807) is 11.9 Å². The van der Waals surface area contributed by atoms with Crippen LogP contribution in [0.2, 0.25) is 0 Å². The molecule has 6 nitrogen and oxygen atoms in total. The molecule has 16 heavy (non-hydrogen) atoms. The van der Waals surface area contributed by atoms with Gasteiger partial charge in [0.1, 0.15) is 0 Å². The van der Waals surface area contributed by atoms with Crippen molar-refractivity contribution in [2.75, 3.05) is 4.90 Å². The summed E-state index contributed by atoms with van der Waals surface area (Å²) in [7, 11) is 1.71. The SMILES string of the molecule is Cn1nnnc1N1C(=O)Cc2ccccc21. The molecule has 0 N–H and O–H groups in total. The molecule has 2 heterocycles. The average molecular weight is 215 g/mol. The molecule has 2 aromatic rings. The van der Waals surface area contributed by atoms with Crippen molar-refractivity contribution in [1.29, 1.82) is 0 Å². The van der Waals surface area contributed by atoms with Crippen LogP contribution in [-0.2, 0) is 18.3 Å². The fourth-order valence-corrected chi connectivity index (χ4v) is 1.89. The molecule has 1 aliphatic rings. The number of carbonyl (C=O) groups excluding carboxylic acids is 1. The van der Waals surface area contributed by atoms with Gasteiger partial charge in [-0.3, -0.25) is 4.79 Å². The van der Waals surface area contributed by atoms with Crippen molar-refractivity contribution in [3.8, 4) is 0 Å². The van der Waals surface area contributed by atoms with Crippen LogP contribution in [0.15, 0.2) is 24.3 Å². The van der Waals surface area contributed by atoms with Crippen LogP contribution >= 0.6 is 0 Å². The number of nitrogens with zero attached hydrogens (tertiary/aromatic N) is 5. The van der Waals surface area contributed by atoms with Crippen molar-refractivity contribution in [3.05, 3.63) is 29.8 Å². The van der Waals surface area contributed by atoms with Crippen LogP contribution in [-0.4, -0.2) is 26.1 Å². The van der Waals surface area contributed by atoms with E-state index >= 15 is 0 Å². The minimum absolute atomic E-state index is 0.000833. The highest BCUT2D eigenvalue weighted by molar-refractivity contribution is 6.05. The molecule has 6 heteroatoms. The quantitative estimate of drug-likeness (QED) is 0.692. The summed E-state index contributed by atoms with van der Waals surface area (Å²) in [5.41, 5.74) is 1.88. The van der Waals surface area contributed by atoms with Gasteiger partial charge in [0.2, 0.25) is 5.91 Å². The van der Waals surface area contributed by atoms with Crippen LogP contribution in [0.1, 0.15) is 5.56 Å². The molecule has 0 saturated heterocycles. The number of amides is 1. The zero-order valence-electron chi connectivity index (χ0n) is 8.66. The van der Waals surface area contributed by atoms with Gasteiger partial charge in [-0.05, 0) is 22.1 Å². The summed E-state index contributed by atoms with van der Waals surface area (Å²) in [6, 6.07) is 7.66. The normalized spacial score (nSPS) is 14.3. The molecule has 1 aromatic carbocycles. The number of hydrogen-bond donors (Lipinski definition) is 0. The number of rotatable bonds is 1. The van der Waals surface area contributed by atoms with Crippen LogP contribution < -0.4 is 4.90 Å². The monoisotopic (exact) mass is 215 g/mol. The Morgan fingerprint density at radius 3 is 2.88 bits per heavy atom. The second kappa shape index (κ2) is 3.13. The number of fused-ring (bicyclic) bond motifs is 1. The van der Waals surface area contributed by atoms with Crippen molar-refractivity contribution in [2.45, 2.75) is 6.42 Å². The van der Waals surface area contributed by atoms with Gasteiger partial charge in [-0.25, -0.2) is 9.58 Å². The number of para-hydroxylation sites is 1. The highest BCUT2D eigenvalue weighted by Gasteiger charge is 2.31. The Hall–Kier alpha value is -2.24. The van der Waals surface area contributed by atoms with Gasteiger partial charge in [0.15, 0.2) is 0 Å². The predicted octanol–water partition coefficient (Wildman–Crippen LogP) is 0.431. The van der Waals surface area contributed by atoms with E-state index in [2.05, 4.69) is 15.5 Å². The van der Waals surface area contributed by atoms with Gasteiger partial charge in [0, 0.05) is 7.05 Å². The Kier molecular flexibility index (Phi) is 1.76. The van der Waals surface area contributed by atoms with E-state index in [0.717, 1.165) is 11.3 Å². The average Bonchev–Trinajstić information content (AvgIpc) is 2.81. The standard InChI is InChI=1S/C10H9N5O/c1-14-10(11-12-13-14)15-8-5-3-2-4-7(8)6-9(15)16/h2-5H,6H2,1H3. The Labute approximate surface area is 91.5 Å². The van der Waals surface area contributed by atoms with E-state index in [-0.39, 0.29) is 5.91 Å². The summed E-state index contributed by atoms with van der Waals surface area (Å²) < 4.78 is 1.49. The van der Waals surface area contributed by atoms with Gasteiger partial charge in [0.05, 0.1) is 12.1 Å². The molecule has 1 aromatic heterocycles. The lowest BCUT2D eigenvalue weighted by Gasteiger charge is -2.14. The zero-order valence-corrected chi connectivity index (χ0v) is 8.66. The third-order valence-electron chi connectivity index (χ3n) is 2.62. The molecule has 0 atom stereocenters. The maximum atomic E-state index is 11.9. The lowest BCUT2D eigenvalue weighted by atomic mass is 10.2. The molecule has 80 valence electrons. The summed E-state index contributed by atoms with van der Waals surface area (Å²) in [6.07, 6.45) is 0.406. The zero-order chi connectivity index (χ0) is 11.1. The molecular formula is C10H9N5O. The first-order valence-electron chi connectivity index (χ1n) is 4.90. The van der Waals surface area contributed by atoms with Crippen molar-refractivity contribution in [3.63, 3.8) is 0 Å². The van der Waals surface area contributed by atoms with Crippen LogP contribution in [0.4, 0.5) is 11.6 Å². The Morgan fingerprint density at radius 1 is 1.31 bits per heavy atom. The molecule has 1 amide bonds. The summed E-state index contributed by atoms with van der Waals surface area (Å²) in [4.78, 5) is 13.4. The van der Waals surface area contributed by atoms with E-state index in [1.165, 1.54) is 4.68 Å². The molecule has 0 fully saturated rings. The molecule has 0 radical (unpaired) electrons. The highest BCUT2D eigenvalue weighted by atomic mass is 16.2. The van der Waals surface area contributed by atoms with Crippen LogP contribution in [0.5, 0.6) is 0 Å². The predicted molar refractivity (Wildman–Crippen MR) is 56.1 cm³/mol. The summed E-state index contributed by atoms with van der Waals surface area (Å²) in [5.74, 6) is 0.453. The highest BCUT2D eigenvalue weighted by Crippen LogP contribution is 2.33. The lowest BCUT2D eigenvalue weighted by Crippen LogP contribution is -2.24. The van der Waals surface area contributed by atoms with Gasteiger partial charge < -0.3 is 0 Å². The second-order valence-corrected chi connectivity index (χ2v) is 3.64. The lowest BCUT2D eigenvalue weighted by molar-refractivity contribution is -0.116. The first-order chi connectivity index (χ1) is 7.77. The van der Waals surface area contributed by atoms with Gasteiger partial charge in [-0.2, -0.15) is 0 Å². The van der Waals surface area contributed by atoms with Crippen molar-refractivity contribution in [2.24, 2.45) is 7.05 Å². The third kappa shape index (κ3) is 1.13. The first-order valence-corrected chi connectivity index (χ1v) is 4.90. The van der Waals surface area contributed by atoms with Crippen LogP contribution in [0, 0.1) is 0 Å². The Morgan fingerprint density at radius 2 is 2.12 bits per heavy atom. The molecule has 0 saturated carbocycles. The number of benzene rings is 1. The number of aromatic nitrogens is 4. The molecule has 0 aliphatic carbocycles. The molecule has 0 spiro atoms. The number of hydrogen-bond acceptors (Lipinski definition) is 4. The summed E-state index contributed by atoms with van der Waals surface area (Å²) in [6.45, 7) is 0. The first kappa shape index (κ1) is 9.02. The van der Waals surface area contributed by atoms with Crippen molar-refractivity contribution >= 4 is 17.5 Å². The van der Waals surface area contributed by atoms with E-state index in [1.807, 2.05) is 24.3 Å².